The molecule has 92 valence electrons. The number of unbranched alkanes of at least 4 members (excludes halogenated alkanes) is 2. The van der Waals surface area contributed by atoms with Gasteiger partial charge < -0.3 is 4.42 Å². The van der Waals surface area contributed by atoms with Gasteiger partial charge in [-0.2, -0.15) is 0 Å². The highest BCUT2D eigenvalue weighted by atomic mass is 32.2. The van der Waals surface area contributed by atoms with E-state index in [9.17, 15) is 4.39 Å². The maximum atomic E-state index is 11.8. The molecule has 1 heterocycles. The molecule has 0 N–H and O–H groups in total. The van der Waals surface area contributed by atoms with Crippen LogP contribution in [0.2, 0.25) is 0 Å². The Morgan fingerprint density at radius 2 is 1.94 bits per heavy atom. The largest absolute Gasteiger partial charge is 0.415 e. The van der Waals surface area contributed by atoms with Crippen LogP contribution in [0.25, 0.3) is 0 Å². The number of nitrogens with zero attached hydrogens (tertiary/aromatic N) is 2. The second kappa shape index (κ2) is 6.23. The van der Waals surface area contributed by atoms with Crippen LogP contribution in [-0.4, -0.2) is 22.6 Å². The first kappa shape index (κ1) is 13.5. The predicted molar refractivity (Wildman–Crippen MR) is 63.5 cm³/mol. The van der Waals surface area contributed by atoms with Crippen molar-refractivity contribution < 1.29 is 8.81 Å². The number of rotatable bonds is 6. The summed E-state index contributed by atoms with van der Waals surface area (Å²) in [6.45, 7) is 5.89. The van der Waals surface area contributed by atoms with Gasteiger partial charge in [0.15, 0.2) is 0 Å². The van der Waals surface area contributed by atoms with Crippen molar-refractivity contribution in [2.45, 2.75) is 50.7 Å². The monoisotopic (exact) mass is 246 g/mol. The summed E-state index contributed by atoms with van der Waals surface area (Å²) < 4.78 is 17.4. The van der Waals surface area contributed by atoms with Crippen LogP contribution in [0.5, 0.6) is 0 Å². The summed E-state index contributed by atoms with van der Waals surface area (Å²) in [5.74, 6) is 1.57. The quantitative estimate of drug-likeness (QED) is 0.568. The first-order valence-corrected chi connectivity index (χ1v) is 6.55. The minimum atomic E-state index is -0.223. The van der Waals surface area contributed by atoms with Crippen molar-refractivity contribution >= 4 is 11.8 Å². The van der Waals surface area contributed by atoms with E-state index in [4.69, 9.17) is 4.42 Å². The second-order valence-corrected chi connectivity index (χ2v) is 5.77. The molecule has 0 radical (unpaired) electrons. The highest BCUT2D eigenvalue weighted by Gasteiger charge is 2.21. The maximum Gasteiger partial charge on any atom is 0.276 e. The van der Waals surface area contributed by atoms with Crippen molar-refractivity contribution in [3.05, 3.63) is 5.89 Å². The highest BCUT2D eigenvalue weighted by molar-refractivity contribution is 7.99. The van der Waals surface area contributed by atoms with Crippen LogP contribution in [0.1, 0.15) is 45.9 Å². The number of hydrogen-bond donors (Lipinski definition) is 0. The minimum absolute atomic E-state index is 0.0972. The topological polar surface area (TPSA) is 38.9 Å². The molecule has 1 rings (SSSR count). The van der Waals surface area contributed by atoms with E-state index in [1.807, 2.05) is 20.8 Å². The lowest BCUT2D eigenvalue weighted by atomic mass is 9.97. The number of hydrogen-bond acceptors (Lipinski definition) is 4. The van der Waals surface area contributed by atoms with Crippen molar-refractivity contribution in [2.24, 2.45) is 0 Å². The van der Waals surface area contributed by atoms with Gasteiger partial charge in [0.05, 0.1) is 6.67 Å². The highest BCUT2D eigenvalue weighted by Crippen LogP contribution is 2.25. The fourth-order valence-electron chi connectivity index (χ4n) is 1.10. The molecule has 5 heteroatoms. The smallest absolute Gasteiger partial charge is 0.276 e. The number of alkyl halides is 1. The average molecular weight is 246 g/mol. The third-order valence-electron chi connectivity index (χ3n) is 2.05. The van der Waals surface area contributed by atoms with E-state index in [1.54, 1.807) is 11.8 Å². The van der Waals surface area contributed by atoms with Crippen LogP contribution in [-0.2, 0) is 5.41 Å². The first-order valence-electron chi connectivity index (χ1n) is 5.57. The molecule has 0 aromatic carbocycles. The Morgan fingerprint density at radius 3 is 2.50 bits per heavy atom. The van der Waals surface area contributed by atoms with E-state index in [0.29, 0.717) is 17.5 Å². The molecule has 0 aliphatic heterocycles. The predicted octanol–water partition coefficient (Wildman–Crippen LogP) is 3.60. The molecular weight excluding hydrogens is 227 g/mol. The van der Waals surface area contributed by atoms with Gasteiger partial charge in [-0.05, 0) is 12.8 Å². The van der Waals surface area contributed by atoms with Gasteiger partial charge in [-0.1, -0.05) is 39.0 Å². The van der Waals surface area contributed by atoms with Crippen LogP contribution in [0, 0.1) is 0 Å². The normalized spacial score (nSPS) is 12.0. The zero-order valence-electron chi connectivity index (χ0n) is 10.1. The molecule has 0 atom stereocenters. The third-order valence-corrected chi connectivity index (χ3v) is 2.96. The lowest BCUT2D eigenvalue weighted by molar-refractivity contribution is 0.347. The van der Waals surface area contributed by atoms with Gasteiger partial charge in [0.2, 0.25) is 5.89 Å². The van der Waals surface area contributed by atoms with Crippen LogP contribution in [0.15, 0.2) is 9.64 Å². The SMILES string of the molecule is CC(C)(C)c1nnc(SCCCCCF)o1. The molecule has 1 aromatic heterocycles. The van der Waals surface area contributed by atoms with Crippen molar-refractivity contribution in [1.82, 2.24) is 10.2 Å². The fraction of sp³-hybridized carbons (Fsp3) is 0.818. The number of halogens is 1. The Morgan fingerprint density at radius 1 is 1.19 bits per heavy atom. The van der Waals surface area contributed by atoms with E-state index in [2.05, 4.69) is 10.2 Å². The lowest BCUT2D eigenvalue weighted by Gasteiger charge is -2.10. The van der Waals surface area contributed by atoms with Crippen LogP contribution in [0.3, 0.4) is 0 Å². The van der Waals surface area contributed by atoms with Gasteiger partial charge in [-0.15, -0.1) is 10.2 Å². The summed E-state index contributed by atoms with van der Waals surface area (Å²) in [5, 5.41) is 8.59. The fourth-order valence-corrected chi connectivity index (χ4v) is 1.86. The summed E-state index contributed by atoms with van der Waals surface area (Å²) in [7, 11) is 0. The van der Waals surface area contributed by atoms with Crippen molar-refractivity contribution in [2.75, 3.05) is 12.4 Å². The Hall–Kier alpha value is -0.580. The molecule has 0 aliphatic rings. The molecule has 3 nitrogen and oxygen atoms in total. The molecule has 0 saturated carbocycles. The molecule has 16 heavy (non-hydrogen) atoms. The standard InChI is InChI=1S/C11H19FN2OS/c1-11(2,3)9-13-14-10(15-9)16-8-6-4-5-7-12/h4-8H2,1-3H3. The maximum absolute atomic E-state index is 11.8. The van der Waals surface area contributed by atoms with Gasteiger partial charge >= 0.3 is 0 Å². The average Bonchev–Trinajstić information content (AvgIpc) is 2.65. The zero-order valence-corrected chi connectivity index (χ0v) is 10.9. The Kier molecular flexibility index (Phi) is 5.25. The van der Waals surface area contributed by atoms with Crippen LogP contribution in [0.4, 0.5) is 4.39 Å². The van der Waals surface area contributed by atoms with Crippen molar-refractivity contribution in [3.8, 4) is 0 Å². The van der Waals surface area contributed by atoms with Crippen molar-refractivity contribution in [1.29, 1.82) is 0 Å². The summed E-state index contributed by atoms with van der Waals surface area (Å²) in [6.07, 6.45) is 2.56. The minimum Gasteiger partial charge on any atom is -0.415 e. The molecule has 0 fully saturated rings. The van der Waals surface area contributed by atoms with E-state index in [-0.39, 0.29) is 12.1 Å². The third kappa shape index (κ3) is 4.51. The molecule has 0 spiro atoms. The van der Waals surface area contributed by atoms with E-state index >= 15 is 0 Å². The molecule has 0 saturated heterocycles. The molecule has 0 bridgehead atoms. The Labute approximate surface area is 100 Å². The van der Waals surface area contributed by atoms with Gasteiger partial charge in [0, 0.05) is 11.2 Å². The van der Waals surface area contributed by atoms with E-state index in [1.165, 1.54) is 0 Å². The van der Waals surface area contributed by atoms with Crippen LogP contribution < -0.4 is 0 Å². The first-order chi connectivity index (χ1) is 7.54. The van der Waals surface area contributed by atoms with Gasteiger partial charge in [0.1, 0.15) is 0 Å². The van der Waals surface area contributed by atoms with Crippen molar-refractivity contribution in [3.63, 3.8) is 0 Å². The second-order valence-electron chi connectivity index (χ2n) is 4.72. The summed E-state index contributed by atoms with van der Waals surface area (Å²) in [4.78, 5) is 0. The Bertz CT molecular complexity index is 309. The molecule has 0 aliphatic carbocycles. The number of thioether (sulfide) groups is 1. The molecular formula is C11H19FN2OS. The number of aromatic nitrogens is 2. The Balaban J connectivity index is 2.30. The summed E-state index contributed by atoms with van der Waals surface area (Å²) in [6, 6.07) is 0. The summed E-state index contributed by atoms with van der Waals surface area (Å²) in [5.41, 5.74) is -0.0972. The molecule has 1 aromatic rings. The van der Waals surface area contributed by atoms with Gasteiger partial charge in [0.25, 0.3) is 5.22 Å². The van der Waals surface area contributed by atoms with Gasteiger partial charge in [-0.25, -0.2) is 0 Å². The molecule has 0 unspecified atom stereocenters. The van der Waals surface area contributed by atoms with E-state index < -0.39 is 0 Å². The zero-order chi connectivity index (χ0) is 12.0. The summed E-state index contributed by atoms with van der Waals surface area (Å²) >= 11 is 1.55. The van der Waals surface area contributed by atoms with Gasteiger partial charge in [-0.3, -0.25) is 4.39 Å². The molecule has 0 amide bonds. The van der Waals surface area contributed by atoms with Crippen LogP contribution >= 0.6 is 11.8 Å². The lowest BCUT2D eigenvalue weighted by Crippen LogP contribution is -2.11. The van der Waals surface area contributed by atoms with E-state index in [0.717, 1.165) is 18.6 Å².